The molecule has 2 aromatic rings. The van der Waals surface area contributed by atoms with Crippen molar-refractivity contribution in [3.8, 4) is 5.75 Å². The quantitative estimate of drug-likeness (QED) is 0.893. The van der Waals surface area contributed by atoms with Crippen LogP contribution in [-0.2, 0) is 17.8 Å². The van der Waals surface area contributed by atoms with Crippen LogP contribution in [0.5, 0.6) is 5.75 Å². The first-order chi connectivity index (χ1) is 12.2. The standard InChI is InChI=1S/C20H22N2O3/c23-17-11-14-5-1-3-7-16(14)20(17)21-19(24)13-22-9-10-25-18-8-4-2-6-15(18)12-22/h1-8,17,20,23H,9-13H2,(H,21,24)/t17-,20+/m0/s1. The zero-order valence-electron chi connectivity index (χ0n) is 14.0. The van der Waals surface area contributed by atoms with Crippen LogP contribution in [0.4, 0.5) is 0 Å². The summed E-state index contributed by atoms with van der Waals surface area (Å²) in [5, 5.41) is 13.3. The number of hydrogen-bond donors (Lipinski definition) is 2. The highest BCUT2D eigenvalue weighted by molar-refractivity contribution is 5.79. The number of fused-ring (bicyclic) bond motifs is 2. The van der Waals surface area contributed by atoms with Crippen LogP contribution in [0.2, 0.25) is 0 Å². The third-order valence-electron chi connectivity index (χ3n) is 4.92. The van der Waals surface area contributed by atoms with Gasteiger partial charge < -0.3 is 15.2 Å². The van der Waals surface area contributed by atoms with Crippen LogP contribution < -0.4 is 10.1 Å². The maximum Gasteiger partial charge on any atom is 0.234 e. The monoisotopic (exact) mass is 338 g/mol. The predicted molar refractivity (Wildman–Crippen MR) is 94.3 cm³/mol. The molecule has 5 nitrogen and oxygen atoms in total. The Morgan fingerprint density at radius 3 is 2.80 bits per heavy atom. The van der Waals surface area contributed by atoms with Crippen molar-refractivity contribution in [2.75, 3.05) is 19.7 Å². The van der Waals surface area contributed by atoms with Gasteiger partial charge in [-0.05, 0) is 17.2 Å². The topological polar surface area (TPSA) is 61.8 Å². The molecule has 1 amide bonds. The second kappa shape index (κ2) is 6.86. The molecule has 5 heteroatoms. The molecule has 1 aliphatic heterocycles. The minimum Gasteiger partial charge on any atom is -0.492 e. The third-order valence-corrected chi connectivity index (χ3v) is 4.92. The van der Waals surface area contributed by atoms with Gasteiger partial charge in [-0.15, -0.1) is 0 Å². The Bertz CT molecular complexity index is 777. The second-order valence-electron chi connectivity index (χ2n) is 6.68. The highest BCUT2D eigenvalue weighted by Crippen LogP contribution is 2.31. The zero-order chi connectivity index (χ0) is 17.2. The molecule has 2 N–H and O–H groups in total. The number of ether oxygens (including phenoxy) is 1. The summed E-state index contributed by atoms with van der Waals surface area (Å²) in [4.78, 5) is 14.6. The molecule has 0 radical (unpaired) electrons. The first-order valence-electron chi connectivity index (χ1n) is 8.69. The molecule has 0 saturated carbocycles. The molecule has 4 rings (SSSR count). The smallest absolute Gasteiger partial charge is 0.234 e. The van der Waals surface area contributed by atoms with E-state index in [9.17, 15) is 9.90 Å². The summed E-state index contributed by atoms with van der Waals surface area (Å²) in [6.07, 6.45) is 0.0287. The highest BCUT2D eigenvalue weighted by Gasteiger charge is 2.32. The number of rotatable bonds is 3. The molecule has 2 aromatic carbocycles. The Morgan fingerprint density at radius 1 is 1.16 bits per heavy atom. The van der Waals surface area contributed by atoms with Gasteiger partial charge in [-0.3, -0.25) is 9.69 Å². The summed E-state index contributed by atoms with van der Waals surface area (Å²) in [5.74, 6) is 0.825. The summed E-state index contributed by atoms with van der Waals surface area (Å²) >= 11 is 0. The van der Waals surface area contributed by atoms with Gasteiger partial charge in [-0.1, -0.05) is 42.5 Å². The second-order valence-corrected chi connectivity index (χ2v) is 6.68. The lowest BCUT2D eigenvalue weighted by Crippen LogP contribution is -2.41. The Labute approximate surface area is 147 Å². The number of aliphatic hydroxyl groups excluding tert-OH is 1. The number of carbonyl (C=O) groups is 1. The molecule has 1 aliphatic carbocycles. The van der Waals surface area contributed by atoms with Crippen LogP contribution in [0.1, 0.15) is 22.7 Å². The number of hydrogen-bond acceptors (Lipinski definition) is 4. The minimum atomic E-state index is -0.561. The van der Waals surface area contributed by atoms with E-state index in [2.05, 4.69) is 10.2 Å². The summed E-state index contributed by atoms with van der Waals surface area (Å²) in [7, 11) is 0. The molecule has 0 bridgehead atoms. The molecule has 25 heavy (non-hydrogen) atoms. The van der Waals surface area contributed by atoms with Gasteiger partial charge in [-0.25, -0.2) is 0 Å². The fourth-order valence-corrected chi connectivity index (χ4v) is 3.68. The number of nitrogens with one attached hydrogen (secondary N) is 1. The van der Waals surface area contributed by atoms with Gasteiger partial charge in [0.25, 0.3) is 0 Å². The minimum absolute atomic E-state index is 0.0693. The van der Waals surface area contributed by atoms with Gasteiger partial charge in [0.15, 0.2) is 0 Å². The molecular weight excluding hydrogens is 316 g/mol. The van der Waals surface area contributed by atoms with E-state index in [0.29, 0.717) is 32.7 Å². The molecule has 2 aliphatic rings. The normalized spacial score (nSPS) is 22.4. The van der Waals surface area contributed by atoms with Gasteiger partial charge >= 0.3 is 0 Å². The van der Waals surface area contributed by atoms with Crippen molar-refractivity contribution in [3.05, 3.63) is 65.2 Å². The highest BCUT2D eigenvalue weighted by atomic mass is 16.5. The first-order valence-corrected chi connectivity index (χ1v) is 8.69. The van der Waals surface area contributed by atoms with Crippen molar-refractivity contribution in [3.63, 3.8) is 0 Å². The molecule has 1 heterocycles. The molecule has 0 aromatic heterocycles. The Hall–Kier alpha value is -2.37. The van der Waals surface area contributed by atoms with Crippen molar-refractivity contribution in [1.82, 2.24) is 10.2 Å². The Kier molecular flexibility index (Phi) is 4.42. The molecule has 0 saturated heterocycles. The fraction of sp³-hybridized carbons (Fsp3) is 0.350. The van der Waals surface area contributed by atoms with Gasteiger partial charge in [0.2, 0.25) is 5.91 Å². The summed E-state index contributed by atoms with van der Waals surface area (Å²) < 4.78 is 5.74. The van der Waals surface area contributed by atoms with Crippen LogP contribution in [-0.4, -0.2) is 41.7 Å². The van der Waals surface area contributed by atoms with Gasteiger partial charge in [-0.2, -0.15) is 0 Å². The lowest BCUT2D eigenvalue weighted by Gasteiger charge is -2.22. The average molecular weight is 338 g/mol. The van der Waals surface area contributed by atoms with Gasteiger partial charge in [0.05, 0.1) is 18.7 Å². The molecule has 2 atom stereocenters. The number of aliphatic hydroxyl groups is 1. The number of nitrogens with zero attached hydrogens (tertiary/aromatic N) is 1. The number of amides is 1. The van der Waals surface area contributed by atoms with Crippen LogP contribution in [0.15, 0.2) is 48.5 Å². The molecule has 0 unspecified atom stereocenters. The third kappa shape index (κ3) is 3.38. The van der Waals surface area contributed by atoms with E-state index in [0.717, 1.165) is 22.4 Å². The Balaban J connectivity index is 1.41. The summed E-state index contributed by atoms with van der Waals surface area (Å²) in [6, 6.07) is 15.5. The molecule has 130 valence electrons. The zero-order valence-corrected chi connectivity index (χ0v) is 14.0. The first kappa shape index (κ1) is 16.1. The average Bonchev–Trinajstić information content (AvgIpc) is 2.78. The molecule has 0 spiro atoms. The summed E-state index contributed by atoms with van der Waals surface area (Å²) in [6.45, 7) is 2.25. The van der Waals surface area contributed by atoms with E-state index < -0.39 is 6.10 Å². The number of benzene rings is 2. The fourth-order valence-electron chi connectivity index (χ4n) is 3.68. The SMILES string of the molecule is O=C(CN1CCOc2ccccc2C1)N[C@@H]1c2ccccc2C[C@@H]1O. The maximum absolute atomic E-state index is 12.5. The van der Waals surface area contributed by atoms with E-state index in [1.54, 1.807) is 0 Å². The Morgan fingerprint density at radius 2 is 1.92 bits per heavy atom. The van der Waals surface area contributed by atoms with E-state index in [4.69, 9.17) is 4.74 Å². The van der Waals surface area contributed by atoms with Crippen molar-refractivity contribution < 1.29 is 14.6 Å². The predicted octanol–water partition coefficient (Wildman–Crippen LogP) is 1.66. The van der Waals surface area contributed by atoms with E-state index in [1.165, 1.54) is 0 Å². The maximum atomic E-state index is 12.5. The number of para-hydroxylation sites is 1. The summed E-state index contributed by atoms with van der Waals surface area (Å²) in [5.41, 5.74) is 3.23. The van der Waals surface area contributed by atoms with Crippen molar-refractivity contribution in [2.45, 2.75) is 25.1 Å². The molecule has 0 fully saturated rings. The van der Waals surface area contributed by atoms with E-state index in [1.807, 2.05) is 48.5 Å². The van der Waals surface area contributed by atoms with Gasteiger partial charge in [0, 0.05) is 25.1 Å². The molecular formula is C20H22N2O3. The van der Waals surface area contributed by atoms with Crippen LogP contribution in [0, 0.1) is 0 Å². The van der Waals surface area contributed by atoms with Crippen molar-refractivity contribution in [1.29, 1.82) is 0 Å². The van der Waals surface area contributed by atoms with Gasteiger partial charge in [0.1, 0.15) is 12.4 Å². The van der Waals surface area contributed by atoms with Crippen LogP contribution >= 0.6 is 0 Å². The van der Waals surface area contributed by atoms with E-state index >= 15 is 0 Å². The largest absolute Gasteiger partial charge is 0.492 e. The van der Waals surface area contributed by atoms with Crippen molar-refractivity contribution >= 4 is 5.91 Å². The lowest BCUT2D eigenvalue weighted by molar-refractivity contribution is -0.123. The van der Waals surface area contributed by atoms with Crippen LogP contribution in [0.3, 0.4) is 0 Å². The van der Waals surface area contributed by atoms with Crippen molar-refractivity contribution in [2.24, 2.45) is 0 Å². The van der Waals surface area contributed by atoms with Crippen LogP contribution in [0.25, 0.3) is 0 Å². The number of carbonyl (C=O) groups excluding carboxylic acids is 1. The lowest BCUT2D eigenvalue weighted by atomic mass is 10.1. The van der Waals surface area contributed by atoms with E-state index in [-0.39, 0.29) is 11.9 Å².